The summed E-state index contributed by atoms with van der Waals surface area (Å²) in [4.78, 5) is 25.9. The summed E-state index contributed by atoms with van der Waals surface area (Å²) in [6, 6.07) is 5.49. The van der Waals surface area contributed by atoms with E-state index in [1.807, 2.05) is 22.8 Å². The number of hydrogen-bond acceptors (Lipinski definition) is 7. The standard InChI is InChI=1S/C24H30F2N6O3S/c1-16-12-17(14-18(13-16)31-10-6-24(25,26)7-11-31)28-22(33)20-21(29-19(15-27-20)30-36(34)35)32-8-4-23(2-3-23)5-9-32/h12-15H,2-11H2,1H3,(H,28,33)(H,29,30)(H,34,35)/p-1. The molecule has 36 heavy (non-hydrogen) atoms. The fourth-order valence-electron chi connectivity index (χ4n) is 5.06. The molecule has 1 aromatic carbocycles. The van der Waals surface area contributed by atoms with Crippen molar-refractivity contribution in [1.82, 2.24) is 9.97 Å². The molecule has 1 atom stereocenters. The molecule has 1 aromatic heterocycles. The maximum Gasteiger partial charge on any atom is 0.278 e. The minimum absolute atomic E-state index is 0.0429. The minimum atomic E-state index is -2.64. The van der Waals surface area contributed by atoms with E-state index in [0.29, 0.717) is 30.0 Å². The SMILES string of the molecule is Cc1cc(NC(=O)c2ncc(NS(=O)[O-])nc2N2CCC3(CC2)CC3)cc(N2CCC(F)(F)CC2)c1. The Labute approximate surface area is 211 Å². The highest BCUT2D eigenvalue weighted by atomic mass is 32.2. The predicted octanol–water partition coefficient (Wildman–Crippen LogP) is 3.86. The van der Waals surface area contributed by atoms with E-state index in [2.05, 4.69) is 20.0 Å². The second-order valence-corrected chi connectivity index (χ2v) is 10.8. The summed E-state index contributed by atoms with van der Waals surface area (Å²) in [5.41, 5.74) is 2.70. The molecule has 1 spiro atoms. The van der Waals surface area contributed by atoms with Crippen molar-refractivity contribution in [3.8, 4) is 0 Å². The van der Waals surface area contributed by atoms with Crippen LogP contribution in [0.15, 0.2) is 24.4 Å². The van der Waals surface area contributed by atoms with Crippen LogP contribution in [0, 0.1) is 12.3 Å². The Morgan fingerprint density at radius 2 is 1.69 bits per heavy atom. The summed E-state index contributed by atoms with van der Waals surface area (Å²) in [7, 11) is 0. The summed E-state index contributed by atoms with van der Waals surface area (Å²) in [5, 5.41) is 2.88. The number of carbonyl (C=O) groups excluding carboxylic acids is 1. The fourth-order valence-corrected chi connectivity index (χ4v) is 5.33. The Morgan fingerprint density at radius 3 is 2.33 bits per heavy atom. The highest BCUT2D eigenvalue weighted by Gasteiger charge is 2.45. The van der Waals surface area contributed by atoms with Gasteiger partial charge in [-0.05, 0) is 61.8 Å². The zero-order chi connectivity index (χ0) is 25.5. The molecule has 1 aliphatic carbocycles. The molecule has 9 nitrogen and oxygen atoms in total. The average molecular weight is 520 g/mol. The lowest BCUT2D eigenvalue weighted by atomic mass is 9.93. The number of alkyl halides is 2. The average Bonchev–Trinajstić information content (AvgIpc) is 3.57. The molecule has 2 aliphatic heterocycles. The smallest absolute Gasteiger partial charge is 0.278 e. The van der Waals surface area contributed by atoms with Gasteiger partial charge in [0.25, 0.3) is 11.8 Å². The van der Waals surface area contributed by atoms with Gasteiger partial charge in [0.2, 0.25) is 0 Å². The van der Waals surface area contributed by atoms with E-state index >= 15 is 0 Å². The van der Waals surface area contributed by atoms with Gasteiger partial charge in [-0.15, -0.1) is 0 Å². The minimum Gasteiger partial charge on any atom is -0.755 e. The van der Waals surface area contributed by atoms with E-state index in [0.717, 1.165) is 24.1 Å². The molecule has 1 saturated carbocycles. The topological polar surface area (TPSA) is 114 Å². The molecule has 2 aromatic rings. The Kier molecular flexibility index (Phi) is 6.58. The third-order valence-corrected chi connectivity index (χ3v) is 7.79. The van der Waals surface area contributed by atoms with Gasteiger partial charge in [-0.2, -0.15) is 0 Å². The number of aryl methyl sites for hydroxylation is 1. The summed E-state index contributed by atoms with van der Waals surface area (Å²) < 4.78 is 51.7. The summed E-state index contributed by atoms with van der Waals surface area (Å²) in [6.07, 6.45) is 5.26. The molecule has 3 heterocycles. The zero-order valence-corrected chi connectivity index (χ0v) is 20.9. The number of benzene rings is 1. The lowest BCUT2D eigenvalue weighted by Crippen LogP contribution is -2.39. The van der Waals surface area contributed by atoms with Crippen molar-refractivity contribution in [3.63, 3.8) is 0 Å². The third-order valence-electron chi connectivity index (χ3n) is 7.42. The fraction of sp³-hybridized carbons (Fsp3) is 0.542. The molecule has 2 saturated heterocycles. The van der Waals surface area contributed by atoms with Crippen molar-refractivity contribution in [2.75, 3.05) is 46.0 Å². The monoisotopic (exact) mass is 519 g/mol. The molecule has 0 bridgehead atoms. The Morgan fingerprint density at radius 1 is 1.03 bits per heavy atom. The summed E-state index contributed by atoms with van der Waals surface area (Å²) in [5.74, 6) is -2.73. The normalized spacial score (nSPS) is 21.2. The van der Waals surface area contributed by atoms with Crippen LogP contribution in [0.4, 0.5) is 31.8 Å². The van der Waals surface area contributed by atoms with Crippen LogP contribution >= 0.6 is 0 Å². The number of aromatic nitrogens is 2. The molecule has 5 rings (SSSR count). The van der Waals surface area contributed by atoms with E-state index in [1.54, 1.807) is 12.1 Å². The summed E-state index contributed by atoms with van der Waals surface area (Å²) in [6.45, 7) is 3.80. The van der Waals surface area contributed by atoms with Gasteiger partial charge in [0, 0.05) is 61.7 Å². The zero-order valence-electron chi connectivity index (χ0n) is 20.1. The number of nitrogens with zero attached hydrogens (tertiary/aromatic N) is 4. The number of nitrogens with one attached hydrogen (secondary N) is 2. The highest BCUT2D eigenvalue weighted by molar-refractivity contribution is 7.80. The van der Waals surface area contributed by atoms with Crippen LogP contribution in [0.3, 0.4) is 0 Å². The van der Waals surface area contributed by atoms with Crippen molar-refractivity contribution in [2.45, 2.75) is 51.4 Å². The van der Waals surface area contributed by atoms with Crippen LogP contribution in [-0.2, 0) is 11.3 Å². The Hall–Kier alpha value is -2.86. The number of hydrogen-bond donors (Lipinski definition) is 2. The molecule has 3 fully saturated rings. The van der Waals surface area contributed by atoms with Gasteiger partial charge in [0.15, 0.2) is 17.3 Å². The van der Waals surface area contributed by atoms with Crippen LogP contribution in [0.25, 0.3) is 0 Å². The Bertz CT molecular complexity index is 1170. The highest BCUT2D eigenvalue weighted by Crippen LogP contribution is 2.54. The predicted molar refractivity (Wildman–Crippen MR) is 133 cm³/mol. The van der Waals surface area contributed by atoms with E-state index in [4.69, 9.17) is 0 Å². The molecule has 12 heteroatoms. The number of halogens is 2. The van der Waals surface area contributed by atoms with E-state index in [1.165, 1.54) is 19.0 Å². The first-order valence-electron chi connectivity index (χ1n) is 12.2. The van der Waals surface area contributed by atoms with Crippen LogP contribution < -0.4 is 19.8 Å². The second kappa shape index (κ2) is 9.55. The first kappa shape index (κ1) is 24.8. The van der Waals surface area contributed by atoms with Crippen LogP contribution in [0.2, 0.25) is 0 Å². The molecule has 0 radical (unpaired) electrons. The largest absolute Gasteiger partial charge is 0.755 e. The van der Waals surface area contributed by atoms with Gasteiger partial charge in [-0.25, -0.2) is 18.7 Å². The third kappa shape index (κ3) is 5.59. The molecule has 194 valence electrons. The van der Waals surface area contributed by atoms with Gasteiger partial charge >= 0.3 is 0 Å². The van der Waals surface area contributed by atoms with Gasteiger partial charge < -0.3 is 19.7 Å². The van der Waals surface area contributed by atoms with E-state index in [-0.39, 0.29) is 37.4 Å². The molecular formula is C24H29F2N6O3S-. The first-order valence-corrected chi connectivity index (χ1v) is 13.2. The van der Waals surface area contributed by atoms with Crippen LogP contribution in [0.1, 0.15) is 54.6 Å². The summed E-state index contributed by atoms with van der Waals surface area (Å²) >= 11 is -2.57. The van der Waals surface area contributed by atoms with E-state index in [9.17, 15) is 22.3 Å². The van der Waals surface area contributed by atoms with Crippen molar-refractivity contribution in [1.29, 1.82) is 0 Å². The lowest BCUT2D eigenvalue weighted by molar-refractivity contribution is -0.0220. The number of rotatable bonds is 6. The second-order valence-electron chi connectivity index (χ2n) is 10.1. The maximum absolute atomic E-state index is 13.6. The molecule has 1 unspecified atom stereocenters. The lowest BCUT2D eigenvalue weighted by Gasteiger charge is -2.34. The van der Waals surface area contributed by atoms with Crippen LogP contribution in [-0.4, -0.2) is 56.7 Å². The maximum atomic E-state index is 13.6. The van der Waals surface area contributed by atoms with Crippen molar-refractivity contribution < 1.29 is 22.3 Å². The quantitative estimate of drug-likeness (QED) is 0.557. The van der Waals surface area contributed by atoms with Gasteiger partial charge in [0.1, 0.15) is 0 Å². The molecule has 2 N–H and O–H groups in total. The van der Waals surface area contributed by atoms with Crippen LogP contribution in [0.5, 0.6) is 0 Å². The van der Waals surface area contributed by atoms with Gasteiger partial charge in [-0.3, -0.25) is 13.7 Å². The van der Waals surface area contributed by atoms with Crippen molar-refractivity contribution in [2.24, 2.45) is 5.41 Å². The van der Waals surface area contributed by atoms with Crippen molar-refractivity contribution >= 4 is 40.2 Å². The first-order chi connectivity index (χ1) is 17.1. The number of amides is 1. The van der Waals surface area contributed by atoms with Gasteiger partial charge in [-0.1, -0.05) is 0 Å². The number of piperidine rings is 2. The molecular weight excluding hydrogens is 490 g/mol. The van der Waals surface area contributed by atoms with Crippen molar-refractivity contribution in [3.05, 3.63) is 35.7 Å². The molecule has 1 amide bonds. The number of carbonyl (C=O) groups is 1. The van der Waals surface area contributed by atoms with Gasteiger partial charge in [0.05, 0.1) is 6.20 Å². The number of anilines is 4. The Balaban J connectivity index is 1.37. The van der Waals surface area contributed by atoms with E-state index < -0.39 is 23.1 Å². The molecule has 3 aliphatic rings.